The van der Waals surface area contributed by atoms with E-state index in [0.29, 0.717) is 11.1 Å². The fourth-order valence-corrected chi connectivity index (χ4v) is 4.66. The van der Waals surface area contributed by atoms with Crippen molar-refractivity contribution in [2.45, 2.75) is 13.2 Å². The first-order valence-electron chi connectivity index (χ1n) is 11.3. The number of methoxy groups -OCH3 is 1. The number of carbonyl (C=O) groups excluding carboxylic acids is 1. The lowest BCUT2D eigenvalue weighted by atomic mass is 10.1. The molecule has 0 saturated carbocycles. The SMILES string of the molecule is COc1ccc(COP(=O)(COCCn2cnc3c(=O)[nH]c(N)nc32)OCC(=O)c2ccccc2)cc1F. The van der Waals surface area contributed by atoms with Crippen molar-refractivity contribution in [2.75, 3.05) is 32.4 Å². The minimum absolute atomic E-state index is 0.0142. The number of halogens is 1. The third-order valence-electron chi connectivity index (χ3n) is 5.35. The Kier molecular flexibility index (Phi) is 8.64. The number of H-pyrrole nitrogens is 1. The van der Waals surface area contributed by atoms with Crippen LogP contribution in [0.1, 0.15) is 15.9 Å². The van der Waals surface area contributed by atoms with E-state index in [-0.39, 0.29) is 42.6 Å². The van der Waals surface area contributed by atoms with Crippen LogP contribution in [0.5, 0.6) is 5.75 Å². The Balaban J connectivity index is 1.41. The Morgan fingerprint density at radius 1 is 1.18 bits per heavy atom. The highest BCUT2D eigenvalue weighted by molar-refractivity contribution is 7.53. The average molecular weight is 545 g/mol. The summed E-state index contributed by atoms with van der Waals surface area (Å²) in [5, 5.41) is 0. The number of nitrogens with one attached hydrogen (secondary N) is 1. The van der Waals surface area contributed by atoms with E-state index < -0.39 is 37.7 Å². The van der Waals surface area contributed by atoms with E-state index >= 15 is 0 Å². The van der Waals surface area contributed by atoms with Crippen molar-refractivity contribution in [2.24, 2.45) is 0 Å². The number of imidazole rings is 1. The molecule has 0 radical (unpaired) electrons. The Labute approximate surface area is 216 Å². The summed E-state index contributed by atoms with van der Waals surface area (Å²) in [5.41, 5.74) is 6.26. The zero-order valence-electron chi connectivity index (χ0n) is 20.3. The van der Waals surface area contributed by atoms with Gasteiger partial charge in [0.25, 0.3) is 5.56 Å². The van der Waals surface area contributed by atoms with Crippen LogP contribution in [-0.4, -0.2) is 52.0 Å². The summed E-state index contributed by atoms with van der Waals surface area (Å²) in [6.07, 6.45) is 0.912. The predicted octanol–water partition coefficient (Wildman–Crippen LogP) is 3.13. The van der Waals surface area contributed by atoms with Gasteiger partial charge in [-0.15, -0.1) is 0 Å². The molecule has 0 saturated heterocycles. The number of fused-ring (bicyclic) bond motifs is 1. The van der Waals surface area contributed by atoms with Crippen molar-refractivity contribution in [1.29, 1.82) is 0 Å². The number of hydrogen-bond acceptors (Lipinski definition) is 10. The maximum Gasteiger partial charge on any atom is 0.356 e. The molecule has 2 aromatic carbocycles. The fraction of sp³-hybridized carbons (Fsp3) is 0.250. The van der Waals surface area contributed by atoms with Gasteiger partial charge in [0, 0.05) is 12.1 Å². The number of nitrogens with zero attached hydrogens (tertiary/aromatic N) is 3. The molecular weight excluding hydrogens is 520 g/mol. The molecule has 0 spiro atoms. The number of hydrogen-bond donors (Lipinski definition) is 2. The maximum atomic E-state index is 14.1. The van der Waals surface area contributed by atoms with Crippen LogP contribution in [0.3, 0.4) is 0 Å². The molecule has 0 aliphatic rings. The van der Waals surface area contributed by atoms with Gasteiger partial charge in [-0.3, -0.25) is 23.7 Å². The molecule has 200 valence electrons. The number of aromatic amines is 1. The first kappa shape index (κ1) is 27.1. The van der Waals surface area contributed by atoms with Crippen LogP contribution < -0.4 is 16.0 Å². The van der Waals surface area contributed by atoms with Crippen molar-refractivity contribution in [3.8, 4) is 5.75 Å². The molecule has 0 aliphatic carbocycles. The highest BCUT2D eigenvalue weighted by Gasteiger charge is 2.27. The van der Waals surface area contributed by atoms with Gasteiger partial charge in [-0.25, -0.2) is 9.37 Å². The molecular formula is C24H25FN5O7P. The van der Waals surface area contributed by atoms with E-state index in [9.17, 15) is 18.5 Å². The van der Waals surface area contributed by atoms with Gasteiger partial charge in [0.15, 0.2) is 28.5 Å². The van der Waals surface area contributed by atoms with Crippen molar-refractivity contribution < 1.29 is 32.3 Å². The number of anilines is 1. The second-order valence-electron chi connectivity index (χ2n) is 8.01. The van der Waals surface area contributed by atoms with Crippen LogP contribution in [0, 0.1) is 5.82 Å². The molecule has 4 aromatic rings. The Hall–Kier alpha value is -3.90. The zero-order chi connectivity index (χ0) is 27.1. The molecule has 1 unspecified atom stereocenters. The van der Waals surface area contributed by atoms with Crippen LogP contribution in [-0.2, 0) is 31.5 Å². The van der Waals surface area contributed by atoms with Crippen LogP contribution in [0.2, 0.25) is 0 Å². The minimum atomic E-state index is -3.98. The maximum absolute atomic E-state index is 14.1. The lowest BCUT2D eigenvalue weighted by Crippen LogP contribution is -2.14. The number of nitrogens with two attached hydrogens (primary N) is 1. The first-order chi connectivity index (χ1) is 18.3. The lowest BCUT2D eigenvalue weighted by Gasteiger charge is -2.19. The van der Waals surface area contributed by atoms with E-state index in [1.54, 1.807) is 41.0 Å². The average Bonchev–Trinajstić information content (AvgIpc) is 3.32. The number of benzene rings is 2. The number of aromatic nitrogens is 4. The molecule has 4 rings (SSSR count). The number of rotatable bonds is 13. The summed E-state index contributed by atoms with van der Waals surface area (Å²) in [6, 6.07) is 12.5. The molecule has 38 heavy (non-hydrogen) atoms. The Bertz CT molecular complexity index is 1530. The number of ether oxygens (including phenoxy) is 2. The number of nitrogen functional groups attached to an aromatic ring is 1. The molecule has 0 aliphatic heterocycles. The van der Waals surface area contributed by atoms with E-state index in [1.165, 1.54) is 25.6 Å². The molecule has 2 heterocycles. The number of carbonyl (C=O) groups is 1. The van der Waals surface area contributed by atoms with Gasteiger partial charge in [0.1, 0.15) is 13.0 Å². The van der Waals surface area contributed by atoms with E-state index in [0.717, 1.165) is 0 Å². The molecule has 0 bridgehead atoms. The summed E-state index contributed by atoms with van der Waals surface area (Å²) < 4.78 is 50.5. The molecule has 3 N–H and O–H groups in total. The first-order valence-corrected chi connectivity index (χ1v) is 13.1. The Morgan fingerprint density at radius 2 is 1.97 bits per heavy atom. The predicted molar refractivity (Wildman–Crippen MR) is 135 cm³/mol. The van der Waals surface area contributed by atoms with Crippen molar-refractivity contribution in [3.05, 3.63) is 82.2 Å². The molecule has 14 heteroatoms. The monoisotopic (exact) mass is 545 g/mol. The van der Waals surface area contributed by atoms with Crippen LogP contribution in [0.15, 0.2) is 59.7 Å². The van der Waals surface area contributed by atoms with Crippen LogP contribution in [0.4, 0.5) is 10.3 Å². The second kappa shape index (κ2) is 12.1. The third-order valence-corrected chi connectivity index (χ3v) is 6.90. The molecule has 12 nitrogen and oxygen atoms in total. The normalized spacial score (nSPS) is 12.9. The van der Waals surface area contributed by atoms with Crippen LogP contribution >= 0.6 is 7.60 Å². The quantitative estimate of drug-likeness (QED) is 0.145. The minimum Gasteiger partial charge on any atom is -0.494 e. The summed E-state index contributed by atoms with van der Waals surface area (Å²) >= 11 is 0. The molecule has 2 aromatic heterocycles. The van der Waals surface area contributed by atoms with E-state index in [4.69, 9.17) is 24.3 Å². The molecule has 0 amide bonds. The van der Waals surface area contributed by atoms with Gasteiger partial charge in [-0.2, -0.15) is 4.98 Å². The van der Waals surface area contributed by atoms with Gasteiger partial charge in [0.05, 0.1) is 26.7 Å². The second-order valence-corrected chi connectivity index (χ2v) is 10.0. The van der Waals surface area contributed by atoms with Gasteiger partial charge in [-0.05, 0) is 17.7 Å². The largest absolute Gasteiger partial charge is 0.494 e. The lowest BCUT2D eigenvalue weighted by molar-refractivity contribution is 0.0855. The summed E-state index contributed by atoms with van der Waals surface area (Å²) in [4.78, 5) is 34.9. The zero-order valence-corrected chi connectivity index (χ0v) is 21.2. The molecule has 1 atom stereocenters. The van der Waals surface area contributed by atoms with Crippen molar-refractivity contribution >= 4 is 30.5 Å². The van der Waals surface area contributed by atoms with E-state index in [1.807, 2.05) is 0 Å². The highest BCUT2D eigenvalue weighted by atomic mass is 31.2. The van der Waals surface area contributed by atoms with Crippen molar-refractivity contribution in [3.63, 3.8) is 0 Å². The van der Waals surface area contributed by atoms with Crippen LogP contribution in [0.25, 0.3) is 11.2 Å². The smallest absolute Gasteiger partial charge is 0.356 e. The summed E-state index contributed by atoms with van der Waals surface area (Å²) in [5.74, 6) is -1.02. The third kappa shape index (κ3) is 6.69. The summed E-state index contributed by atoms with van der Waals surface area (Å²) in [7, 11) is -2.63. The summed E-state index contributed by atoms with van der Waals surface area (Å²) in [6.45, 7) is -0.571. The number of Topliss-reactive ketones (excluding diaryl/α,β-unsaturated/α-hetero) is 1. The number of ketones is 1. The van der Waals surface area contributed by atoms with Gasteiger partial charge < -0.3 is 24.3 Å². The standard InChI is InChI=1S/C24H25FN5O7P/c1-34-20-8-7-16(11-18(20)25)12-36-38(33,37-13-19(31)17-5-3-2-4-6-17)15-35-10-9-30-14-27-21-22(30)28-24(26)29-23(21)32/h2-8,11,14H,9-10,12-13,15H2,1H3,(H3,26,28,29,32). The Morgan fingerprint density at radius 3 is 2.71 bits per heavy atom. The topological polar surface area (TPSA) is 161 Å². The van der Waals surface area contributed by atoms with Gasteiger partial charge in [0.2, 0.25) is 5.95 Å². The molecule has 0 fully saturated rings. The fourth-order valence-electron chi connectivity index (χ4n) is 3.42. The van der Waals surface area contributed by atoms with Crippen molar-refractivity contribution in [1.82, 2.24) is 19.5 Å². The van der Waals surface area contributed by atoms with E-state index in [2.05, 4.69) is 15.0 Å². The highest BCUT2D eigenvalue weighted by Crippen LogP contribution is 2.49. The van der Waals surface area contributed by atoms with Gasteiger partial charge in [-0.1, -0.05) is 36.4 Å². The van der Waals surface area contributed by atoms with Gasteiger partial charge >= 0.3 is 7.60 Å².